The van der Waals surface area contributed by atoms with Crippen molar-refractivity contribution in [2.45, 2.75) is 42.1 Å². The number of thioether (sulfide) groups is 1. The molecule has 2 amide bonds. The van der Waals surface area contributed by atoms with Crippen LogP contribution < -0.4 is 34.9 Å². The molecule has 0 radical (unpaired) electrons. The topological polar surface area (TPSA) is 99.1 Å². The Hall–Kier alpha value is -1.35. The average Bonchev–Trinajstić information content (AvgIpc) is 2.82. The van der Waals surface area contributed by atoms with Crippen LogP contribution in [0.25, 0.3) is 0 Å². The summed E-state index contributed by atoms with van der Waals surface area (Å²) in [7, 11) is 0. The minimum absolute atomic E-state index is 0. The van der Waals surface area contributed by atoms with Gasteiger partial charge in [0.15, 0.2) is 6.04 Å². The van der Waals surface area contributed by atoms with Crippen LogP contribution in [0.2, 0.25) is 0 Å². The first-order chi connectivity index (χ1) is 11.8. The van der Waals surface area contributed by atoms with E-state index < -0.39 is 34.7 Å². The molecule has 4 unspecified atom stereocenters. The number of rotatable bonds is 5. The Labute approximate surface area is 177 Å². The van der Waals surface area contributed by atoms with Gasteiger partial charge in [0.2, 0.25) is 11.8 Å². The van der Waals surface area contributed by atoms with Gasteiger partial charge in [0.05, 0.1) is 0 Å². The second-order valence-corrected chi connectivity index (χ2v) is 8.35. The second-order valence-electron chi connectivity index (χ2n) is 6.58. The number of fused-ring (bicyclic) bond motifs is 1. The largest absolute Gasteiger partial charge is 1.00 e. The zero-order valence-corrected chi connectivity index (χ0v) is 17.7. The Kier molecular flexibility index (Phi) is 6.22. The number of nitrogens with one attached hydrogen (secondary N) is 1. The number of carboxylic acids is 1. The van der Waals surface area contributed by atoms with Crippen molar-refractivity contribution in [3.8, 4) is 0 Å². The summed E-state index contributed by atoms with van der Waals surface area (Å²) in [5, 5.41) is 11.7. The van der Waals surface area contributed by atoms with Crippen LogP contribution in [0.5, 0.6) is 0 Å². The molecule has 9 heteroatoms. The van der Waals surface area contributed by atoms with E-state index >= 15 is 0 Å². The van der Waals surface area contributed by atoms with E-state index in [1.807, 2.05) is 6.07 Å². The molecule has 2 aliphatic rings. The van der Waals surface area contributed by atoms with Crippen LogP contribution in [-0.4, -0.2) is 56.7 Å². The first kappa shape index (κ1) is 21.0. The van der Waals surface area contributed by atoms with Crippen molar-refractivity contribution < 1.29 is 49.0 Å². The standard InChI is InChI=1S/C17H19N3O4S.Na/c1-17(2)12(16(23)24)20-14(22)11(15(20)25-17)19-13(21)10(18-3)9-7-5-4-6-8-9;/h4-8,10-12,15H,3H2,1-2H3,(H,19,21)(H,23,24);/q;+1. The Morgan fingerprint density at radius 3 is 2.50 bits per heavy atom. The number of carbonyl (C=O) groups excluding carboxylic acids is 2. The number of nitrogens with zero attached hydrogens (tertiary/aromatic N) is 2. The third kappa shape index (κ3) is 3.43. The molecule has 0 aromatic heterocycles. The number of hydrogen-bond donors (Lipinski definition) is 2. The molecule has 132 valence electrons. The molecule has 4 atom stereocenters. The van der Waals surface area contributed by atoms with Crippen molar-refractivity contribution in [3.63, 3.8) is 0 Å². The number of benzene rings is 1. The molecule has 2 heterocycles. The summed E-state index contributed by atoms with van der Waals surface area (Å²) in [5.41, 5.74) is 0.682. The Bertz CT molecular complexity index is 743. The van der Waals surface area contributed by atoms with E-state index in [0.29, 0.717) is 5.56 Å². The van der Waals surface area contributed by atoms with E-state index in [-0.39, 0.29) is 40.8 Å². The van der Waals surface area contributed by atoms with E-state index in [9.17, 15) is 19.5 Å². The number of carboxylic acid groups (broad SMARTS) is 1. The minimum Gasteiger partial charge on any atom is -0.480 e. The van der Waals surface area contributed by atoms with Gasteiger partial charge >= 0.3 is 35.5 Å². The van der Waals surface area contributed by atoms with Crippen LogP contribution >= 0.6 is 11.8 Å². The maximum Gasteiger partial charge on any atom is 1.00 e. The van der Waals surface area contributed by atoms with Crippen LogP contribution in [0.3, 0.4) is 0 Å². The third-order valence-corrected chi connectivity index (χ3v) is 6.09. The van der Waals surface area contributed by atoms with Gasteiger partial charge < -0.3 is 15.3 Å². The van der Waals surface area contributed by atoms with Crippen molar-refractivity contribution in [2.75, 3.05) is 0 Å². The quantitative estimate of drug-likeness (QED) is 0.350. The van der Waals surface area contributed by atoms with Gasteiger partial charge in [-0.3, -0.25) is 14.6 Å². The fourth-order valence-corrected chi connectivity index (χ4v) is 4.98. The molecule has 2 fully saturated rings. The zero-order valence-electron chi connectivity index (χ0n) is 14.9. The summed E-state index contributed by atoms with van der Waals surface area (Å²) < 4.78 is -0.624. The van der Waals surface area contributed by atoms with Crippen molar-refractivity contribution >= 4 is 36.3 Å². The molecule has 0 aliphatic carbocycles. The molecule has 2 N–H and O–H groups in total. The number of aliphatic imine (C=N–C) groups is 1. The molecule has 1 aromatic rings. The average molecular weight is 384 g/mol. The van der Waals surface area contributed by atoms with Gasteiger partial charge in [-0.1, -0.05) is 30.3 Å². The minimum atomic E-state index is -1.03. The van der Waals surface area contributed by atoms with Crippen LogP contribution in [0, 0.1) is 0 Å². The Balaban J connectivity index is 0.00000243. The smallest absolute Gasteiger partial charge is 0.480 e. The van der Waals surface area contributed by atoms with E-state index in [2.05, 4.69) is 17.0 Å². The summed E-state index contributed by atoms with van der Waals surface area (Å²) in [5.74, 6) is -1.83. The van der Waals surface area contributed by atoms with Crippen molar-refractivity contribution in [1.82, 2.24) is 10.2 Å². The monoisotopic (exact) mass is 384 g/mol. The molecule has 0 spiro atoms. The molecule has 0 bridgehead atoms. The predicted molar refractivity (Wildman–Crippen MR) is 94.4 cm³/mol. The first-order valence-corrected chi connectivity index (χ1v) is 8.70. The molecule has 3 rings (SSSR count). The third-order valence-electron chi connectivity index (χ3n) is 4.52. The van der Waals surface area contributed by atoms with E-state index in [1.165, 1.54) is 16.7 Å². The number of carbonyl (C=O) groups is 3. The van der Waals surface area contributed by atoms with Crippen molar-refractivity contribution in [1.29, 1.82) is 0 Å². The van der Waals surface area contributed by atoms with Gasteiger partial charge in [-0.25, -0.2) is 4.79 Å². The van der Waals surface area contributed by atoms with Gasteiger partial charge in [0.1, 0.15) is 17.5 Å². The van der Waals surface area contributed by atoms with E-state index in [1.54, 1.807) is 38.1 Å². The SMILES string of the molecule is C=NC(C(=O)NC1C(=O)N2C1SC(C)(C)C2C(=O)O)c1ccccc1.[Na+]. The molecule has 26 heavy (non-hydrogen) atoms. The second kappa shape index (κ2) is 7.72. The Morgan fingerprint density at radius 1 is 1.35 bits per heavy atom. The number of aliphatic carboxylic acids is 1. The van der Waals surface area contributed by atoms with Crippen LogP contribution in [0.15, 0.2) is 35.3 Å². The summed E-state index contributed by atoms with van der Waals surface area (Å²) in [6.07, 6.45) is 0. The van der Waals surface area contributed by atoms with Gasteiger partial charge in [-0.05, 0) is 26.1 Å². The van der Waals surface area contributed by atoms with Crippen LogP contribution in [-0.2, 0) is 14.4 Å². The number of hydrogen-bond acceptors (Lipinski definition) is 5. The van der Waals surface area contributed by atoms with Crippen molar-refractivity contribution in [3.05, 3.63) is 35.9 Å². The fourth-order valence-electron chi connectivity index (χ4n) is 3.35. The van der Waals surface area contributed by atoms with Gasteiger partial charge in [0, 0.05) is 4.75 Å². The predicted octanol–water partition coefficient (Wildman–Crippen LogP) is -1.94. The fraction of sp³-hybridized carbons (Fsp3) is 0.412. The molecule has 1 aromatic carbocycles. The summed E-state index contributed by atoms with van der Waals surface area (Å²) in [6, 6.07) is 6.51. The summed E-state index contributed by atoms with van der Waals surface area (Å²) in [6.45, 7) is 7.05. The normalized spacial score (nSPS) is 26.8. The zero-order chi connectivity index (χ0) is 18.4. The molecule has 2 saturated heterocycles. The molecule has 2 aliphatic heterocycles. The first-order valence-electron chi connectivity index (χ1n) is 7.82. The van der Waals surface area contributed by atoms with E-state index in [0.717, 1.165) is 0 Å². The molecule has 7 nitrogen and oxygen atoms in total. The maximum absolute atomic E-state index is 12.5. The van der Waals surface area contributed by atoms with Gasteiger partial charge in [0.25, 0.3) is 0 Å². The number of β-lactam (4-membered cyclic amide) rings is 1. The van der Waals surface area contributed by atoms with Crippen LogP contribution in [0.4, 0.5) is 0 Å². The molecular weight excluding hydrogens is 365 g/mol. The van der Waals surface area contributed by atoms with Gasteiger partial charge in [-0.15, -0.1) is 11.8 Å². The van der Waals surface area contributed by atoms with Crippen LogP contribution in [0.1, 0.15) is 25.5 Å². The van der Waals surface area contributed by atoms with Crippen molar-refractivity contribution in [2.24, 2.45) is 4.99 Å². The Morgan fingerprint density at radius 2 is 1.96 bits per heavy atom. The van der Waals surface area contributed by atoms with Gasteiger partial charge in [-0.2, -0.15) is 0 Å². The van der Waals surface area contributed by atoms with E-state index in [4.69, 9.17) is 0 Å². The maximum atomic E-state index is 12.5. The molecular formula is C17H19N3NaO4S+. The summed E-state index contributed by atoms with van der Waals surface area (Å²) >= 11 is 1.39. The molecule has 0 saturated carbocycles. The summed E-state index contributed by atoms with van der Waals surface area (Å²) in [4.78, 5) is 41.7. The number of amides is 2.